The second-order valence-electron chi connectivity index (χ2n) is 3.78. The van der Waals surface area contributed by atoms with Crippen molar-refractivity contribution in [3.8, 4) is 0 Å². The second-order valence-corrected chi connectivity index (χ2v) is 3.78. The van der Waals surface area contributed by atoms with Crippen molar-refractivity contribution >= 4 is 0 Å². The Balaban J connectivity index is 2.50. The SMILES string of the molecule is CCCCN1C=C(C)N(CC)C1C. The first kappa shape index (κ1) is 10.4. The molecule has 1 unspecified atom stereocenters. The molecule has 2 nitrogen and oxygen atoms in total. The Kier molecular flexibility index (Phi) is 3.64. The van der Waals surface area contributed by atoms with Gasteiger partial charge in [-0.3, -0.25) is 0 Å². The van der Waals surface area contributed by atoms with E-state index in [1.807, 2.05) is 0 Å². The van der Waals surface area contributed by atoms with Gasteiger partial charge in [0.2, 0.25) is 0 Å². The summed E-state index contributed by atoms with van der Waals surface area (Å²) in [5.41, 5.74) is 1.41. The number of nitrogens with zero attached hydrogens (tertiary/aromatic N) is 2. The van der Waals surface area contributed by atoms with Gasteiger partial charge in [0.05, 0.1) is 6.17 Å². The number of hydrogen-bond donors (Lipinski definition) is 0. The quantitative estimate of drug-likeness (QED) is 0.659. The van der Waals surface area contributed by atoms with Crippen LogP contribution in [0.5, 0.6) is 0 Å². The Hall–Kier alpha value is -0.660. The molecule has 0 aliphatic carbocycles. The summed E-state index contributed by atoms with van der Waals surface area (Å²) in [7, 11) is 0. The number of hydrogen-bond acceptors (Lipinski definition) is 2. The van der Waals surface area contributed by atoms with Crippen LogP contribution in [0.2, 0.25) is 0 Å². The molecule has 0 fully saturated rings. The molecule has 0 bridgehead atoms. The summed E-state index contributed by atoms with van der Waals surface area (Å²) in [6.07, 6.45) is 5.44. The first-order chi connectivity index (χ1) is 6.20. The van der Waals surface area contributed by atoms with Crippen LogP contribution in [0.1, 0.15) is 40.5 Å². The van der Waals surface area contributed by atoms with Gasteiger partial charge in [0, 0.05) is 25.0 Å². The zero-order valence-corrected chi connectivity index (χ0v) is 9.38. The van der Waals surface area contributed by atoms with Crippen LogP contribution < -0.4 is 0 Å². The number of unbranched alkanes of at least 4 members (excludes halogenated alkanes) is 1. The summed E-state index contributed by atoms with van der Waals surface area (Å²) in [6, 6.07) is 0. The predicted molar refractivity (Wildman–Crippen MR) is 57.2 cm³/mol. The van der Waals surface area contributed by atoms with Crippen molar-refractivity contribution in [3.63, 3.8) is 0 Å². The Morgan fingerprint density at radius 3 is 2.54 bits per heavy atom. The Morgan fingerprint density at radius 2 is 2.08 bits per heavy atom. The standard InChI is InChI=1S/C11H22N2/c1-5-7-8-12-9-10(3)13(6-2)11(12)4/h9,11H,5-8H2,1-4H3. The fourth-order valence-electron chi connectivity index (χ4n) is 2.00. The number of rotatable bonds is 4. The highest BCUT2D eigenvalue weighted by Crippen LogP contribution is 2.21. The highest BCUT2D eigenvalue weighted by Gasteiger charge is 2.23. The Morgan fingerprint density at radius 1 is 1.38 bits per heavy atom. The van der Waals surface area contributed by atoms with Crippen LogP contribution in [0, 0.1) is 0 Å². The second kappa shape index (κ2) is 4.54. The van der Waals surface area contributed by atoms with Crippen LogP contribution in [-0.2, 0) is 0 Å². The first-order valence-electron chi connectivity index (χ1n) is 5.41. The van der Waals surface area contributed by atoms with Crippen molar-refractivity contribution in [1.29, 1.82) is 0 Å². The van der Waals surface area contributed by atoms with Crippen LogP contribution >= 0.6 is 0 Å². The van der Waals surface area contributed by atoms with Gasteiger partial charge < -0.3 is 9.80 Å². The molecule has 1 aliphatic rings. The van der Waals surface area contributed by atoms with E-state index in [9.17, 15) is 0 Å². The zero-order chi connectivity index (χ0) is 9.84. The lowest BCUT2D eigenvalue weighted by Gasteiger charge is -2.30. The summed E-state index contributed by atoms with van der Waals surface area (Å²) < 4.78 is 0. The van der Waals surface area contributed by atoms with Crippen molar-refractivity contribution in [1.82, 2.24) is 9.80 Å². The molecule has 1 heterocycles. The van der Waals surface area contributed by atoms with E-state index >= 15 is 0 Å². The minimum Gasteiger partial charge on any atom is -0.356 e. The van der Waals surface area contributed by atoms with E-state index in [4.69, 9.17) is 0 Å². The minimum atomic E-state index is 0.566. The van der Waals surface area contributed by atoms with Crippen molar-refractivity contribution in [3.05, 3.63) is 11.9 Å². The monoisotopic (exact) mass is 182 g/mol. The minimum absolute atomic E-state index is 0.566. The highest BCUT2D eigenvalue weighted by molar-refractivity contribution is 5.06. The van der Waals surface area contributed by atoms with Gasteiger partial charge in [0.15, 0.2) is 0 Å². The topological polar surface area (TPSA) is 6.48 Å². The van der Waals surface area contributed by atoms with E-state index in [0.717, 1.165) is 6.54 Å². The van der Waals surface area contributed by atoms with Gasteiger partial charge in [-0.25, -0.2) is 0 Å². The van der Waals surface area contributed by atoms with Crippen molar-refractivity contribution in [2.75, 3.05) is 13.1 Å². The Bertz CT molecular complexity index is 187. The van der Waals surface area contributed by atoms with E-state index in [1.54, 1.807) is 0 Å². The maximum Gasteiger partial charge on any atom is 0.0979 e. The molecule has 1 aliphatic heterocycles. The molecule has 0 saturated heterocycles. The van der Waals surface area contributed by atoms with E-state index in [0.29, 0.717) is 6.17 Å². The predicted octanol–water partition coefficient (Wildman–Crippen LogP) is 2.63. The molecule has 0 radical (unpaired) electrons. The molecular formula is C11H22N2. The van der Waals surface area contributed by atoms with Crippen LogP contribution in [0.15, 0.2) is 11.9 Å². The van der Waals surface area contributed by atoms with E-state index < -0.39 is 0 Å². The van der Waals surface area contributed by atoms with Gasteiger partial charge in [-0.15, -0.1) is 0 Å². The van der Waals surface area contributed by atoms with Gasteiger partial charge in [-0.1, -0.05) is 13.3 Å². The first-order valence-corrected chi connectivity index (χ1v) is 5.41. The molecule has 2 heteroatoms. The van der Waals surface area contributed by atoms with E-state index in [-0.39, 0.29) is 0 Å². The fourth-order valence-corrected chi connectivity index (χ4v) is 2.00. The average Bonchev–Trinajstić information content (AvgIpc) is 2.38. The third-order valence-corrected chi connectivity index (χ3v) is 2.85. The van der Waals surface area contributed by atoms with Crippen molar-refractivity contribution < 1.29 is 0 Å². The molecule has 0 aromatic rings. The summed E-state index contributed by atoms with van der Waals surface area (Å²) >= 11 is 0. The van der Waals surface area contributed by atoms with Crippen LogP contribution in [-0.4, -0.2) is 29.1 Å². The summed E-state index contributed by atoms with van der Waals surface area (Å²) in [5, 5.41) is 0. The molecule has 1 atom stereocenters. The molecule has 76 valence electrons. The fraction of sp³-hybridized carbons (Fsp3) is 0.818. The van der Waals surface area contributed by atoms with Crippen LogP contribution in [0.25, 0.3) is 0 Å². The summed E-state index contributed by atoms with van der Waals surface area (Å²) in [6.45, 7) is 11.3. The van der Waals surface area contributed by atoms with Gasteiger partial charge in [0.1, 0.15) is 0 Å². The maximum atomic E-state index is 2.45. The lowest BCUT2D eigenvalue weighted by Crippen LogP contribution is -2.37. The third kappa shape index (κ3) is 2.17. The van der Waals surface area contributed by atoms with Gasteiger partial charge >= 0.3 is 0 Å². The number of allylic oxidation sites excluding steroid dienone is 1. The van der Waals surface area contributed by atoms with Gasteiger partial charge in [0.25, 0.3) is 0 Å². The van der Waals surface area contributed by atoms with Gasteiger partial charge in [-0.05, 0) is 27.2 Å². The molecular weight excluding hydrogens is 160 g/mol. The normalized spacial score (nSPS) is 22.5. The molecule has 13 heavy (non-hydrogen) atoms. The molecule has 0 aromatic carbocycles. The van der Waals surface area contributed by atoms with Crippen LogP contribution in [0.3, 0.4) is 0 Å². The highest BCUT2D eigenvalue weighted by atomic mass is 15.4. The van der Waals surface area contributed by atoms with E-state index in [2.05, 4.69) is 43.7 Å². The average molecular weight is 182 g/mol. The zero-order valence-electron chi connectivity index (χ0n) is 9.38. The van der Waals surface area contributed by atoms with Crippen LogP contribution in [0.4, 0.5) is 0 Å². The van der Waals surface area contributed by atoms with Gasteiger partial charge in [-0.2, -0.15) is 0 Å². The summed E-state index contributed by atoms with van der Waals surface area (Å²) in [5.74, 6) is 0. The Labute approximate surface area is 82.2 Å². The summed E-state index contributed by atoms with van der Waals surface area (Å²) in [4.78, 5) is 4.89. The molecule has 0 aromatic heterocycles. The molecule has 0 spiro atoms. The third-order valence-electron chi connectivity index (χ3n) is 2.85. The molecule has 0 amide bonds. The van der Waals surface area contributed by atoms with Crippen molar-refractivity contribution in [2.45, 2.75) is 46.7 Å². The van der Waals surface area contributed by atoms with Crippen molar-refractivity contribution in [2.24, 2.45) is 0 Å². The molecule has 1 rings (SSSR count). The van der Waals surface area contributed by atoms with E-state index in [1.165, 1.54) is 25.1 Å². The molecule has 0 N–H and O–H groups in total. The largest absolute Gasteiger partial charge is 0.356 e. The lowest BCUT2D eigenvalue weighted by molar-refractivity contribution is 0.166. The maximum absolute atomic E-state index is 2.45. The smallest absolute Gasteiger partial charge is 0.0979 e. The lowest BCUT2D eigenvalue weighted by atomic mass is 10.3. The molecule has 0 saturated carbocycles.